The van der Waals surface area contributed by atoms with Crippen molar-refractivity contribution >= 4 is 29.4 Å². The number of urea groups is 1. The topological polar surface area (TPSA) is 104 Å². The van der Waals surface area contributed by atoms with Crippen LogP contribution in [0.25, 0.3) is 0 Å². The van der Waals surface area contributed by atoms with E-state index < -0.39 is 12.0 Å². The first-order valence-corrected chi connectivity index (χ1v) is 9.68. The molecule has 1 fully saturated rings. The first kappa shape index (κ1) is 21.1. The van der Waals surface area contributed by atoms with E-state index in [1.807, 2.05) is 18.2 Å². The highest BCUT2D eigenvalue weighted by Gasteiger charge is 2.24. The Morgan fingerprint density at radius 3 is 2.33 bits per heavy atom. The number of ether oxygens (including phenoxy) is 1. The third kappa shape index (κ3) is 5.25. The highest BCUT2D eigenvalue weighted by atomic mass is 16.5. The lowest BCUT2D eigenvalue weighted by Crippen LogP contribution is -2.54. The molecular weight excluding hydrogens is 386 g/mol. The number of benzene rings is 1. The molecule has 30 heavy (non-hydrogen) atoms. The van der Waals surface area contributed by atoms with Crippen molar-refractivity contribution in [1.29, 1.82) is 0 Å². The Balaban J connectivity index is 1.47. The summed E-state index contributed by atoms with van der Waals surface area (Å²) < 4.78 is 4.64. The van der Waals surface area contributed by atoms with Crippen molar-refractivity contribution in [2.45, 2.75) is 13.0 Å². The molecule has 1 aromatic carbocycles. The van der Waals surface area contributed by atoms with Crippen LogP contribution >= 0.6 is 0 Å². The number of pyridine rings is 1. The summed E-state index contributed by atoms with van der Waals surface area (Å²) in [6, 6.07) is 11.1. The van der Waals surface area contributed by atoms with Gasteiger partial charge in [-0.05, 0) is 43.3 Å². The summed E-state index contributed by atoms with van der Waals surface area (Å²) in [4.78, 5) is 44.5. The summed E-state index contributed by atoms with van der Waals surface area (Å²) in [6.07, 6.45) is 1.75. The van der Waals surface area contributed by atoms with Crippen molar-refractivity contribution in [3.05, 3.63) is 54.2 Å². The van der Waals surface area contributed by atoms with Crippen LogP contribution < -0.4 is 15.5 Å². The number of carbonyl (C=O) groups excluding carboxylic acids is 3. The molecule has 2 N–H and O–H groups in total. The number of methoxy groups -OCH3 is 1. The molecule has 1 aliphatic rings. The maximum Gasteiger partial charge on any atom is 0.337 e. The number of anilines is 2. The lowest BCUT2D eigenvalue weighted by atomic mass is 10.2. The van der Waals surface area contributed by atoms with Crippen molar-refractivity contribution < 1.29 is 19.1 Å². The predicted molar refractivity (Wildman–Crippen MR) is 112 cm³/mol. The molecule has 9 heteroatoms. The van der Waals surface area contributed by atoms with Gasteiger partial charge in [0.25, 0.3) is 0 Å². The minimum Gasteiger partial charge on any atom is -0.465 e. The van der Waals surface area contributed by atoms with Crippen molar-refractivity contribution in [1.82, 2.24) is 15.2 Å². The number of hydrogen-bond acceptors (Lipinski definition) is 6. The van der Waals surface area contributed by atoms with Crippen LogP contribution in [0.5, 0.6) is 0 Å². The fourth-order valence-corrected chi connectivity index (χ4v) is 3.08. The Kier molecular flexibility index (Phi) is 6.84. The molecule has 1 atom stereocenters. The fourth-order valence-electron chi connectivity index (χ4n) is 3.08. The first-order chi connectivity index (χ1) is 14.5. The second-order valence-corrected chi connectivity index (χ2v) is 6.89. The molecule has 3 rings (SSSR count). The highest BCUT2D eigenvalue weighted by molar-refractivity contribution is 5.97. The molecule has 1 aromatic heterocycles. The van der Waals surface area contributed by atoms with E-state index in [-0.39, 0.29) is 11.9 Å². The molecule has 3 amide bonds. The van der Waals surface area contributed by atoms with Crippen molar-refractivity contribution in [2.75, 3.05) is 43.5 Å². The van der Waals surface area contributed by atoms with Gasteiger partial charge < -0.3 is 25.2 Å². The number of carbonyl (C=O) groups is 3. The summed E-state index contributed by atoms with van der Waals surface area (Å²) in [5, 5.41) is 5.45. The zero-order valence-corrected chi connectivity index (χ0v) is 17.0. The minimum atomic E-state index is -0.716. The molecule has 0 saturated carbocycles. The molecule has 0 bridgehead atoms. The standard InChI is InChI=1S/C21H25N5O4/c1-15(19(27)24-17-8-6-16(7-9-17)20(28)30-2)23-21(29)26-13-11-25(12-14-26)18-5-3-4-10-22-18/h3-10,15H,11-14H2,1-2H3,(H,23,29)(H,24,27)/t15-/m0/s1. The Bertz CT molecular complexity index is 880. The van der Waals surface area contributed by atoms with E-state index >= 15 is 0 Å². The lowest BCUT2D eigenvalue weighted by Gasteiger charge is -2.35. The number of aromatic nitrogens is 1. The Labute approximate surface area is 175 Å². The molecular formula is C21H25N5O4. The van der Waals surface area contributed by atoms with Gasteiger partial charge in [0.2, 0.25) is 5.91 Å². The van der Waals surface area contributed by atoms with E-state index in [0.29, 0.717) is 37.4 Å². The molecule has 1 aliphatic heterocycles. The molecule has 2 aromatic rings. The number of hydrogen-bond donors (Lipinski definition) is 2. The molecule has 1 saturated heterocycles. The largest absolute Gasteiger partial charge is 0.465 e. The zero-order valence-electron chi connectivity index (χ0n) is 17.0. The molecule has 0 spiro atoms. The molecule has 2 heterocycles. The minimum absolute atomic E-state index is 0.278. The fraction of sp³-hybridized carbons (Fsp3) is 0.333. The summed E-state index contributed by atoms with van der Waals surface area (Å²) in [7, 11) is 1.31. The predicted octanol–water partition coefficient (Wildman–Crippen LogP) is 1.73. The van der Waals surface area contributed by atoms with E-state index in [1.54, 1.807) is 42.3 Å². The van der Waals surface area contributed by atoms with Crippen LogP contribution in [0.3, 0.4) is 0 Å². The number of rotatable bonds is 5. The molecule has 0 radical (unpaired) electrons. The summed E-state index contributed by atoms with van der Waals surface area (Å²) in [5.41, 5.74) is 0.916. The lowest BCUT2D eigenvalue weighted by molar-refractivity contribution is -0.117. The third-order valence-electron chi connectivity index (χ3n) is 4.85. The first-order valence-electron chi connectivity index (χ1n) is 9.68. The van der Waals surface area contributed by atoms with Crippen LogP contribution in [0.4, 0.5) is 16.3 Å². The van der Waals surface area contributed by atoms with Gasteiger partial charge in [-0.25, -0.2) is 14.6 Å². The number of piperazine rings is 1. The van der Waals surface area contributed by atoms with E-state index in [2.05, 4.69) is 25.3 Å². The average molecular weight is 411 g/mol. The van der Waals surface area contributed by atoms with Gasteiger partial charge in [-0.1, -0.05) is 6.07 Å². The summed E-state index contributed by atoms with van der Waals surface area (Å²) >= 11 is 0. The van der Waals surface area contributed by atoms with Gasteiger partial charge in [0.05, 0.1) is 12.7 Å². The van der Waals surface area contributed by atoms with Crippen LogP contribution in [0, 0.1) is 0 Å². The van der Waals surface area contributed by atoms with Gasteiger partial charge in [-0.2, -0.15) is 0 Å². The monoisotopic (exact) mass is 411 g/mol. The number of amides is 3. The molecule has 158 valence electrons. The second-order valence-electron chi connectivity index (χ2n) is 6.89. The van der Waals surface area contributed by atoms with Crippen LogP contribution in [-0.2, 0) is 9.53 Å². The molecule has 0 unspecified atom stereocenters. The number of esters is 1. The van der Waals surface area contributed by atoms with Gasteiger partial charge in [0.15, 0.2) is 0 Å². The quantitative estimate of drug-likeness (QED) is 0.727. The van der Waals surface area contributed by atoms with Gasteiger partial charge in [0, 0.05) is 38.1 Å². The number of nitrogens with one attached hydrogen (secondary N) is 2. The van der Waals surface area contributed by atoms with Crippen LogP contribution in [0.15, 0.2) is 48.7 Å². The van der Waals surface area contributed by atoms with Gasteiger partial charge in [-0.15, -0.1) is 0 Å². The van der Waals surface area contributed by atoms with Crippen molar-refractivity contribution in [3.63, 3.8) is 0 Å². The van der Waals surface area contributed by atoms with Crippen LogP contribution in [0.2, 0.25) is 0 Å². The molecule has 9 nitrogen and oxygen atoms in total. The van der Waals surface area contributed by atoms with E-state index in [1.165, 1.54) is 7.11 Å². The van der Waals surface area contributed by atoms with E-state index in [9.17, 15) is 14.4 Å². The Hall–Kier alpha value is -3.62. The second kappa shape index (κ2) is 9.73. The van der Waals surface area contributed by atoms with Crippen LogP contribution in [0.1, 0.15) is 17.3 Å². The van der Waals surface area contributed by atoms with E-state index in [0.717, 1.165) is 5.82 Å². The van der Waals surface area contributed by atoms with Crippen molar-refractivity contribution in [2.24, 2.45) is 0 Å². The Morgan fingerprint density at radius 2 is 1.73 bits per heavy atom. The highest BCUT2D eigenvalue weighted by Crippen LogP contribution is 2.13. The average Bonchev–Trinajstić information content (AvgIpc) is 2.79. The maximum absolute atomic E-state index is 12.5. The summed E-state index contributed by atoms with van der Waals surface area (Å²) in [6.45, 7) is 4.08. The number of nitrogens with zero attached hydrogens (tertiary/aromatic N) is 3. The van der Waals surface area contributed by atoms with E-state index in [4.69, 9.17) is 0 Å². The van der Waals surface area contributed by atoms with Crippen LogP contribution in [-0.4, -0.2) is 67.1 Å². The van der Waals surface area contributed by atoms with Gasteiger partial charge in [-0.3, -0.25) is 4.79 Å². The zero-order chi connectivity index (χ0) is 21.5. The third-order valence-corrected chi connectivity index (χ3v) is 4.85. The van der Waals surface area contributed by atoms with Gasteiger partial charge in [0.1, 0.15) is 11.9 Å². The van der Waals surface area contributed by atoms with Gasteiger partial charge >= 0.3 is 12.0 Å². The van der Waals surface area contributed by atoms with Crippen molar-refractivity contribution in [3.8, 4) is 0 Å². The maximum atomic E-state index is 12.5. The smallest absolute Gasteiger partial charge is 0.337 e. The Morgan fingerprint density at radius 1 is 1.03 bits per heavy atom. The normalized spacial score (nSPS) is 14.6. The molecule has 0 aliphatic carbocycles. The summed E-state index contributed by atoms with van der Waals surface area (Å²) in [5.74, 6) is 0.0986. The SMILES string of the molecule is COC(=O)c1ccc(NC(=O)[C@H](C)NC(=O)N2CCN(c3ccccn3)CC2)cc1.